The molecule has 0 unspecified atom stereocenters. The summed E-state index contributed by atoms with van der Waals surface area (Å²) in [6.45, 7) is 1.66. The molecule has 104 valence electrons. The van der Waals surface area contributed by atoms with Crippen LogP contribution in [0.4, 0.5) is 15.8 Å². The summed E-state index contributed by atoms with van der Waals surface area (Å²) in [5.74, 6) is -0.195. The zero-order chi connectivity index (χ0) is 14.1. The Morgan fingerprint density at radius 2 is 1.95 bits per heavy atom. The van der Waals surface area contributed by atoms with Crippen molar-refractivity contribution in [1.29, 1.82) is 0 Å². The van der Waals surface area contributed by atoms with E-state index >= 15 is 0 Å². The molecule has 0 atom stereocenters. The fourth-order valence-electron chi connectivity index (χ4n) is 2.69. The summed E-state index contributed by atoms with van der Waals surface area (Å²) in [7, 11) is 1.46. The third-order valence-electron chi connectivity index (χ3n) is 3.77. The molecule has 0 saturated heterocycles. The normalized spacial score (nSPS) is 14.0. The van der Waals surface area contributed by atoms with Gasteiger partial charge in [-0.3, -0.25) is 0 Å². The molecule has 3 rings (SSSR count). The predicted octanol–water partition coefficient (Wildman–Crippen LogP) is 2.98. The van der Waals surface area contributed by atoms with Crippen LogP contribution in [0, 0.1) is 5.82 Å². The maximum Gasteiger partial charge on any atom is 0.167 e. The third kappa shape index (κ3) is 2.18. The minimum Gasteiger partial charge on any atom is -0.494 e. The minimum absolute atomic E-state index is 0.230. The quantitative estimate of drug-likeness (QED) is 0.854. The van der Waals surface area contributed by atoms with Crippen molar-refractivity contribution >= 4 is 11.4 Å². The molecule has 0 amide bonds. The molecule has 2 N–H and O–H groups in total. The van der Waals surface area contributed by atoms with Gasteiger partial charge in [0.25, 0.3) is 0 Å². The second-order valence-electron chi connectivity index (χ2n) is 4.99. The van der Waals surface area contributed by atoms with E-state index in [1.54, 1.807) is 6.07 Å². The Hall–Kier alpha value is -2.23. The van der Waals surface area contributed by atoms with Crippen molar-refractivity contribution in [2.24, 2.45) is 0 Å². The van der Waals surface area contributed by atoms with Gasteiger partial charge in [-0.25, -0.2) is 4.39 Å². The average Bonchev–Trinajstić information content (AvgIpc) is 2.47. The molecular formula is C16H17FN2O. The van der Waals surface area contributed by atoms with Crippen LogP contribution < -0.4 is 15.4 Å². The van der Waals surface area contributed by atoms with Crippen LogP contribution in [-0.2, 0) is 13.0 Å². The Morgan fingerprint density at radius 1 is 1.20 bits per heavy atom. The second-order valence-corrected chi connectivity index (χ2v) is 4.99. The lowest BCUT2D eigenvalue weighted by Crippen LogP contribution is -2.30. The van der Waals surface area contributed by atoms with Gasteiger partial charge >= 0.3 is 0 Å². The molecule has 0 radical (unpaired) electrons. The summed E-state index contributed by atoms with van der Waals surface area (Å²) in [6.07, 6.45) is 0.968. The fraction of sp³-hybridized carbons (Fsp3) is 0.250. The Kier molecular flexibility index (Phi) is 3.22. The van der Waals surface area contributed by atoms with E-state index in [9.17, 15) is 4.39 Å². The van der Waals surface area contributed by atoms with Gasteiger partial charge in [0.1, 0.15) is 0 Å². The van der Waals surface area contributed by atoms with Gasteiger partial charge in [0.2, 0.25) is 0 Å². The van der Waals surface area contributed by atoms with Crippen LogP contribution in [0.25, 0.3) is 0 Å². The lowest BCUT2D eigenvalue weighted by atomic mass is 9.99. The van der Waals surface area contributed by atoms with Crippen LogP contribution in [0.2, 0.25) is 0 Å². The maximum atomic E-state index is 13.6. The zero-order valence-corrected chi connectivity index (χ0v) is 11.4. The smallest absolute Gasteiger partial charge is 0.167 e. The van der Waals surface area contributed by atoms with Crippen molar-refractivity contribution < 1.29 is 9.13 Å². The van der Waals surface area contributed by atoms with E-state index in [0.29, 0.717) is 5.69 Å². The number of hydrogen-bond donors (Lipinski definition) is 1. The number of hydrogen-bond acceptors (Lipinski definition) is 3. The molecule has 0 aliphatic carbocycles. The minimum atomic E-state index is -0.425. The van der Waals surface area contributed by atoms with Crippen molar-refractivity contribution in [1.82, 2.24) is 0 Å². The van der Waals surface area contributed by atoms with Crippen LogP contribution in [-0.4, -0.2) is 13.7 Å². The van der Waals surface area contributed by atoms with E-state index in [2.05, 4.69) is 23.1 Å². The fourth-order valence-corrected chi connectivity index (χ4v) is 2.69. The first-order valence-electron chi connectivity index (χ1n) is 6.64. The van der Waals surface area contributed by atoms with Gasteiger partial charge in [0.05, 0.1) is 18.5 Å². The lowest BCUT2D eigenvalue weighted by molar-refractivity contribution is 0.386. The summed E-state index contributed by atoms with van der Waals surface area (Å²) >= 11 is 0. The summed E-state index contributed by atoms with van der Waals surface area (Å²) in [6, 6.07) is 11.4. The second kappa shape index (κ2) is 5.04. The van der Waals surface area contributed by atoms with E-state index in [1.165, 1.54) is 24.3 Å². The molecule has 2 aromatic carbocycles. The number of nitrogen functional groups attached to an aromatic ring is 1. The van der Waals surface area contributed by atoms with Crippen molar-refractivity contribution in [2.75, 3.05) is 24.3 Å². The number of rotatable bonds is 2. The standard InChI is InChI=1S/C16H17FN2O/c1-20-16-9-15(14(18)8-13(16)17)19-7-6-11-4-2-3-5-12(11)10-19/h2-5,8-9H,6-7,10,18H2,1H3. The van der Waals surface area contributed by atoms with E-state index in [0.717, 1.165) is 25.2 Å². The maximum absolute atomic E-state index is 13.6. The van der Waals surface area contributed by atoms with Crippen LogP contribution in [0.1, 0.15) is 11.1 Å². The zero-order valence-electron chi connectivity index (χ0n) is 11.4. The molecule has 4 heteroatoms. The van der Waals surface area contributed by atoms with Gasteiger partial charge in [-0.05, 0) is 17.5 Å². The number of nitrogens with two attached hydrogens (primary N) is 1. The molecule has 1 aliphatic rings. The van der Waals surface area contributed by atoms with E-state index < -0.39 is 5.82 Å². The topological polar surface area (TPSA) is 38.5 Å². The lowest BCUT2D eigenvalue weighted by Gasteiger charge is -2.31. The van der Waals surface area contributed by atoms with Gasteiger partial charge in [0, 0.05) is 25.2 Å². The number of ether oxygens (including phenoxy) is 1. The van der Waals surface area contributed by atoms with Crippen molar-refractivity contribution in [3.8, 4) is 5.75 Å². The first-order valence-corrected chi connectivity index (χ1v) is 6.64. The van der Waals surface area contributed by atoms with Gasteiger partial charge in [0.15, 0.2) is 11.6 Å². The van der Waals surface area contributed by atoms with Crippen LogP contribution in [0.3, 0.4) is 0 Å². The summed E-state index contributed by atoms with van der Waals surface area (Å²) in [5.41, 5.74) is 9.90. The van der Waals surface area contributed by atoms with E-state index in [1.807, 2.05) is 6.07 Å². The SMILES string of the molecule is COc1cc(N2CCc3ccccc3C2)c(N)cc1F. The summed E-state index contributed by atoms with van der Waals surface area (Å²) in [4.78, 5) is 2.17. The molecule has 1 aliphatic heterocycles. The predicted molar refractivity (Wildman–Crippen MR) is 78.6 cm³/mol. The van der Waals surface area contributed by atoms with Crippen LogP contribution >= 0.6 is 0 Å². The Balaban J connectivity index is 1.95. The Bertz CT molecular complexity index is 642. The van der Waals surface area contributed by atoms with E-state index in [-0.39, 0.29) is 5.75 Å². The molecule has 0 aromatic heterocycles. The number of benzene rings is 2. The van der Waals surface area contributed by atoms with Crippen molar-refractivity contribution in [3.63, 3.8) is 0 Å². The molecule has 0 fully saturated rings. The van der Waals surface area contributed by atoms with Gasteiger partial charge in [-0.1, -0.05) is 24.3 Å². The molecule has 2 aromatic rings. The number of anilines is 2. The summed E-state index contributed by atoms with van der Waals surface area (Å²) < 4.78 is 18.7. The largest absolute Gasteiger partial charge is 0.494 e. The van der Waals surface area contributed by atoms with Gasteiger partial charge in [-0.15, -0.1) is 0 Å². The molecule has 0 spiro atoms. The van der Waals surface area contributed by atoms with Gasteiger partial charge in [-0.2, -0.15) is 0 Å². The Morgan fingerprint density at radius 3 is 2.70 bits per heavy atom. The highest BCUT2D eigenvalue weighted by molar-refractivity contribution is 5.70. The highest BCUT2D eigenvalue weighted by Crippen LogP contribution is 2.33. The highest BCUT2D eigenvalue weighted by Gasteiger charge is 2.19. The van der Waals surface area contributed by atoms with Crippen molar-refractivity contribution in [2.45, 2.75) is 13.0 Å². The third-order valence-corrected chi connectivity index (χ3v) is 3.77. The molecule has 20 heavy (non-hydrogen) atoms. The van der Waals surface area contributed by atoms with Crippen LogP contribution in [0.15, 0.2) is 36.4 Å². The monoisotopic (exact) mass is 272 g/mol. The molecular weight excluding hydrogens is 255 g/mol. The number of fused-ring (bicyclic) bond motifs is 1. The highest BCUT2D eigenvalue weighted by atomic mass is 19.1. The first kappa shape index (κ1) is 12.8. The number of nitrogens with zero attached hydrogens (tertiary/aromatic N) is 1. The van der Waals surface area contributed by atoms with Gasteiger partial charge < -0.3 is 15.4 Å². The number of halogens is 1. The van der Waals surface area contributed by atoms with Crippen LogP contribution in [0.5, 0.6) is 5.75 Å². The van der Waals surface area contributed by atoms with Crippen molar-refractivity contribution in [3.05, 3.63) is 53.3 Å². The van der Waals surface area contributed by atoms with E-state index in [4.69, 9.17) is 10.5 Å². The number of methoxy groups -OCH3 is 1. The summed E-state index contributed by atoms with van der Waals surface area (Å²) in [5, 5.41) is 0. The molecule has 0 saturated carbocycles. The Labute approximate surface area is 117 Å². The molecule has 0 bridgehead atoms. The first-order chi connectivity index (χ1) is 9.69. The molecule has 1 heterocycles. The average molecular weight is 272 g/mol. The molecule has 3 nitrogen and oxygen atoms in total.